The van der Waals surface area contributed by atoms with Gasteiger partial charge in [0.1, 0.15) is 12.8 Å². The number of alkyl halides is 1. The van der Waals surface area contributed by atoms with Crippen LogP contribution in [-0.2, 0) is 4.74 Å². The molecular formula is C5H8FNO2. The highest BCUT2D eigenvalue weighted by molar-refractivity contribution is 5.69. The summed E-state index contributed by atoms with van der Waals surface area (Å²) in [6, 6.07) is -0.447. The number of carbonyl (C=O) groups excluding carboxylic acids is 1. The molecule has 0 aromatic heterocycles. The molecule has 0 unspecified atom stereocenters. The van der Waals surface area contributed by atoms with Crippen molar-refractivity contribution in [3.05, 3.63) is 0 Å². The molecule has 0 saturated carbocycles. The standard InChI is InChI=1S/C5H8FNO2/c1-3(6)4-2-9-5(8)7-4/h3-4H,2H2,1H3,(H,7,8)/t3-,4+/m0/s1. The first-order valence-electron chi connectivity index (χ1n) is 2.77. The van der Waals surface area contributed by atoms with E-state index < -0.39 is 18.3 Å². The zero-order valence-electron chi connectivity index (χ0n) is 5.06. The number of amides is 1. The zero-order valence-corrected chi connectivity index (χ0v) is 5.06. The lowest BCUT2D eigenvalue weighted by atomic mass is 10.2. The van der Waals surface area contributed by atoms with Crippen molar-refractivity contribution in [2.75, 3.05) is 6.61 Å². The predicted molar refractivity (Wildman–Crippen MR) is 28.8 cm³/mol. The van der Waals surface area contributed by atoms with E-state index in [0.717, 1.165) is 0 Å². The lowest BCUT2D eigenvalue weighted by Crippen LogP contribution is -2.33. The summed E-state index contributed by atoms with van der Waals surface area (Å²) in [7, 11) is 0. The molecule has 1 fully saturated rings. The number of hydrogen-bond donors (Lipinski definition) is 1. The number of halogens is 1. The third-order valence-electron chi connectivity index (χ3n) is 1.25. The quantitative estimate of drug-likeness (QED) is 0.564. The fourth-order valence-corrected chi connectivity index (χ4v) is 0.648. The second-order valence-electron chi connectivity index (χ2n) is 2.03. The summed E-state index contributed by atoms with van der Waals surface area (Å²) in [5.74, 6) is 0. The Morgan fingerprint density at radius 2 is 2.67 bits per heavy atom. The number of ether oxygens (including phenoxy) is 1. The third kappa shape index (κ3) is 1.31. The van der Waals surface area contributed by atoms with Crippen LogP contribution < -0.4 is 5.32 Å². The first-order valence-corrected chi connectivity index (χ1v) is 2.77. The van der Waals surface area contributed by atoms with E-state index in [1.807, 2.05) is 0 Å². The molecule has 4 heteroatoms. The molecule has 1 saturated heterocycles. The van der Waals surface area contributed by atoms with E-state index in [1.165, 1.54) is 6.92 Å². The van der Waals surface area contributed by atoms with Gasteiger partial charge in [-0.05, 0) is 6.92 Å². The minimum Gasteiger partial charge on any atom is -0.447 e. The average Bonchev–Trinajstić information content (AvgIpc) is 2.14. The van der Waals surface area contributed by atoms with Gasteiger partial charge >= 0.3 is 6.09 Å². The molecule has 3 nitrogen and oxygen atoms in total. The van der Waals surface area contributed by atoms with Gasteiger partial charge in [0.15, 0.2) is 0 Å². The highest BCUT2D eigenvalue weighted by Crippen LogP contribution is 2.04. The lowest BCUT2D eigenvalue weighted by Gasteiger charge is -2.05. The first-order chi connectivity index (χ1) is 4.20. The van der Waals surface area contributed by atoms with Gasteiger partial charge in [-0.2, -0.15) is 0 Å². The van der Waals surface area contributed by atoms with Crippen molar-refractivity contribution in [3.63, 3.8) is 0 Å². The molecule has 0 aromatic carbocycles. The summed E-state index contributed by atoms with van der Waals surface area (Å²) in [5.41, 5.74) is 0. The van der Waals surface area contributed by atoms with Gasteiger partial charge < -0.3 is 10.1 Å². The Balaban J connectivity index is 2.39. The molecule has 0 radical (unpaired) electrons. The van der Waals surface area contributed by atoms with Gasteiger partial charge in [0.25, 0.3) is 0 Å². The Morgan fingerprint density at radius 3 is 2.89 bits per heavy atom. The average molecular weight is 133 g/mol. The van der Waals surface area contributed by atoms with E-state index >= 15 is 0 Å². The van der Waals surface area contributed by atoms with Crippen LogP contribution >= 0.6 is 0 Å². The van der Waals surface area contributed by atoms with Crippen LogP contribution in [0.5, 0.6) is 0 Å². The van der Waals surface area contributed by atoms with Crippen LogP contribution in [0.25, 0.3) is 0 Å². The number of rotatable bonds is 1. The summed E-state index contributed by atoms with van der Waals surface area (Å²) in [4.78, 5) is 10.3. The molecule has 52 valence electrons. The highest BCUT2D eigenvalue weighted by Gasteiger charge is 2.26. The number of carbonyl (C=O) groups is 1. The number of hydrogen-bond acceptors (Lipinski definition) is 2. The topological polar surface area (TPSA) is 38.3 Å². The molecular weight excluding hydrogens is 125 g/mol. The minimum atomic E-state index is -1.03. The van der Waals surface area contributed by atoms with Gasteiger partial charge in [0, 0.05) is 0 Å². The largest absolute Gasteiger partial charge is 0.447 e. The Labute approximate surface area is 52.2 Å². The van der Waals surface area contributed by atoms with Crippen molar-refractivity contribution in [1.82, 2.24) is 5.32 Å². The second kappa shape index (κ2) is 2.21. The van der Waals surface area contributed by atoms with Crippen LogP contribution in [0.1, 0.15) is 6.92 Å². The Kier molecular flexibility index (Phi) is 1.55. The molecule has 1 aliphatic heterocycles. The van der Waals surface area contributed by atoms with E-state index in [9.17, 15) is 9.18 Å². The van der Waals surface area contributed by atoms with Gasteiger partial charge in [-0.25, -0.2) is 9.18 Å². The molecule has 1 rings (SSSR count). The van der Waals surface area contributed by atoms with Gasteiger partial charge in [-0.1, -0.05) is 0 Å². The Hall–Kier alpha value is -0.800. The molecule has 1 amide bonds. The van der Waals surface area contributed by atoms with Gasteiger partial charge in [-0.3, -0.25) is 0 Å². The van der Waals surface area contributed by atoms with Crippen molar-refractivity contribution in [1.29, 1.82) is 0 Å². The summed E-state index contributed by atoms with van der Waals surface area (Å²) in [6.45, 7) is 1.54. The fourth-order valence-electron chi connectivity index (χ4n) is 0.648. The summed E-state index contributed by atoms with van der Waals surface area (Å²) in [5, 5.41) is 2.32. The van der Waals surface area contributed by atoms with Crippen molar-refractivity contribution >= 4 is 6.09 Å². The molecule has 1 aliphatic rings. The highest BCUT2D eigenvalue weighted by atomic mass is 19.1. The maximum atomic E-state index is 12.3. The number of alkyl carbamates (subject to hydrolysis) is 1. The molecule has 0 bridgehead atoms. The summed E-state index contributed by atoms with van der Waals surface area (Å²) >= 11 is 0. The monoisotopic (exact) mass is 133 g/mol. The minimum absolute atomic E-state index is 0.149. The van der Waals surface area contributed by atoms with Crippen LogP contribution in [0.4, 0.5) is 9.18 Å². The fraction of sp³-hybridized carbons (Fsp3) is 0.800. The van der Waals surface area contributed by atoms with Gasteiger partial charge in [0.05, 0.1) is 6.04 Å². The SMILES string of the molecule is C[C@H](F)[C@H]1COC(=O)N1. The predicted octanol–water partition coefficient (Wildman–Crippen LogP) is 0.453. The summed E-state index contributed by atoms with van der Waals surface area (Å²) < 4.78 is 16.7. The first kappa shape index (κ1) is 6.32. The van der Waals surface area contributed by atoms with Crippen LogP contribution in [0.2, 0.25) is 0 Å². The molecule has 1 N–H and O–H groups in total. The third-order valence-corrected chi connectivity index (χ3v) is 1.25. The van der Waals surface area contributed by atoms with E-state index in [0.29, 0.717) is 0 Å². The normalized spacial score (nSPS) is 29.1. The lowest BCUT2D eigenvalue weighted by molar-refractivity contribution is 0.173. The second-order valence-corrected chi connectivity index (χ2v) is 2.03. The molecule has 1 heterocycles. The molecule has 0 aliphatic carbocycles. The van der Waals surface area contributed by atoms with Crippen LogP contribution in [0.3, 0.4) is 0 Å². The van der Waals surface area contributed by atoms with Crippen molar-refractivity contribution in [3.8, 4) is 0 Å². The molecule has 9 heavy (non-hydrogen) atoms. The van der Waals surface area contributed by atoms with Crippen molar-refractivity contribution < 1.29 is 13.9 Å². The van der Waals surface area contributed by atoms with E-state index in [1.54, 1.807) is 0 Å². The number of nitrogens with one attached hydrogen (secondary N) is 1. The van der Waals surface area contributed by atoms with Gasteiger partial charge in [0.2, 0.25) is 0 Å². The van der Waals surface area contributed by atoms with Gasteiger partial charge in [-0.15, -0.1) is 0 Å². The van der Waals surface area contributed by atoms with E-state index in [4.69, 9.17) is 0 Å². The van der Waals surface area contributed by atoms with E-state index in [2.05, 4.69) is 10.1 Å². The molecule has 2 atom stereocenters. The summed E-state index contributed by atoms with van der Waals surface area (Å²) in [6.07, 6.45) is -1.55. The van der Waals surface area contributed by atoms with Crippen LogP contribution in [0, 0.1) is 0 Å². The smallest absolute Gasteiger partial charge is 0.407 e. The molecule has 0 spiro atoms. The Bertz CT molecular complexity index is 126. The van der Waals surface area contributed by atoms with Crippen LogP contribution in [0.15, 0.2) is 0 Å². The van der Waals surface area contributed by atoms with Crippen LogP contribution in [-0.4, -0.2) is 24.9 Å². The van der Waals surface area contributed by atoms with Crippen molar-refractivity contribution in [2.45, 2.75) is 19.1 Å². The maximum Gasteiger partial charge on any atom is 0.407 e. The van der Waals surface area contributed by atoms with E-state index in [-0.39, 0.29) is 6.61 Å². The van der Waals surface area contributed by atoms with Crippen molar-refractivity contribution in [2.24, 2.45) is 0 Å². The molecule has 0 aromatic rings. The number of cyclic esters (lactones) is 1. The Morgan fingerprint density at radius 1 is 2.00 bits per heavy atom. The zero-order chi connectivity index (χ0) is 6.85. The maximum absolute atomic E-state index is 12.3.